The third-order valence-corrected chi connectivity index (χ3v) is 3.87. The molecule has 0 spiro atoms. The molecule has 0 aliphatic carbocycles. The van der Waals surface area contributed by atoms with Gasteiger partial charge in [0.1, 0.15) is 0 Å². The summed E-state index contributed by atoms with van der Waals surface area (Å²) >= 11 is 0. The molecule has 0 saturated heterocycles. The van der Waals surface area contributed by atoms with Crippen molar-refractivity contribution in [3.8, 4) is 0 Å². The molecule has 0 aliphatic heterocycles. The van der Waals surface area contributed by atoms with Gasteiger partial charge >= 0.3 is 0 Å². The summed E-state index contributed by atoms with van der Waals surface area (Å²) in [6.45, 7) is 9.40. The summed E-state index contributed by atoms with van der Waals surface area (Å²) in [6.07, 6.45) is 0. The minimum atomic E-state index is 0.881. The molecule has 2 rings (SSSR count). The number of nitrogens with two attached hydrogens (primary N) is 1. The Bertz CT molecular complexity index is 575. The van der Waals surface area contributed by atoms with Gasteiger partial charge in [-0.1, -0.05) is 43.3 Å². The van der Waals surface area contributed by atoms with E-state index in [9.17, 15) is 0 Å². The molecule has 20 heavy (non-hydrogen) atoms. The van der Waals surface area contributed by atoms with Gasteiger partial charge in [0, 0.05) is 18.8 Å². The van der Waals surface area contributed by atoms with Crippen molar-refractivity contribution in [1.82, 2.24) is 4.90 Å². The lowest BCUT2D eigenvalue weighted by molar-refractivity contribution is 0.272. The number of hydrogen-bond acceptors (Lipinski definition) is 2. The Kier molecular flexibility index (Phi) is 4.80. The van der Waals surface area contributed by atoms with E-state index in [1.165, 1.54) is 22.3 Å². The molecule has 0 bridgehead atoms. The van der Waals surface area contributed by atoms with Gasteiger partial charge in [0.2, 0.25) is 0 Å². The molecule has 2 nitrogen and oxygen atoms in total. The van der Waals surface area contributed by atoms with Crippen LogP contribution in [-0.2, 0) is 13.1 Å². The van der Waals surface area contributed by atoms with Crippen molar-refractivity contribution in [2.24, 2.45) is 0 Å². The van der Waals surface area contributed by atoms with Gasteiger partial charge in [0.25, 0.3) is 0 Å². The summed E-state index contributed by atoms with van der Waals surface area (Å²) in [7, 11) is 0. The Hall–Kier alpha value is -1.80. The maximum Gasteiger partial charge on any atom is 0.0359 e. The molecule has 0 heterocycles. The van der Waals surface area contributed by atoms with Crippen molar-refractivity contribution in [2.75, 3.05) is 12.3 Å². The Morgan fingerprint density at radius 1 is 0.950 bits per heavy atom. The van der Waals surface area contributed by atoms with Crippen molar-refractivity contribution in [3.05, 3.63) is 64.7 Å². The van der Waals surface area contributed by atoms with Gasteiger partial charge in [-0.15, -0.1) is 0 Å². The summed E-state index contributed by atoms with van der Waals surface area (Å²) in [5, 5.41) is 0. The maximum absolute atomic E-state index is 6.03. The number of aryl methyl sites for hydroxylation is 2. The van der Waals surface area contributed by atoms with Crippen LogP contribution < -0.4 is 5.73 Å². The third-order valence-electron chi connectivity index (χ3n) is 3.87. The molecule has 2 aromatic carbocycles. The molecular formula is C18H24N2. The zero-order valence-corrected chi connectivity index (χ0v) is 12.7. The van der Waals surface area contributed by atoms with E-state index in [0.29, 0.717) is 0 Å². The molecule has 0 amide bonds. The quantitative estimate of drug-likeness (QED) is 0.833. The second-order valence-corrected chi connectivity index (χ2v) is 5.42. The highest BCUT2D eigenvalue weighted by Crippen LogP contribution is 2.16. The molecular weight excluding hydrogens is 244 g/mol. The number of benzene rings is 2. The van der Waals surface area contributed by atoms with E-state index in [2.05, 4.69) is 56.0 Å². The Morgan fingerprint density at radius 3 is 2.35 bits per heavy atom. The van der Waals surface area contributed by atoms with Crippen LogP contribution in [0.4, 0.5) is 5.69 Å². The molecule has 2 heteroatoms. The topological polar surface area (TPSA) is 29.3 Å². The van der Waals surface area contributed by atoms with Crippen LogP contribution in [0.1, 0.15) is 29.2 Å². The van der Waals surface area contributed by atoms with Gasteiger partial charge in [0.15, 0.2) is 0 Å². The Labute approximate surface area is 122 Å². The minimum Gasteiger partial charge on any atom is -0.398 e. The number of nitrogen functional groups attached to an aromatic ring is 1. The summed E-state index contributed by atoms with van der Waals surface area (Å²) in [6, 6.07) is 14.8. The second-order valence-electron chi connectivity index (χ2n) is 5.42. The number of rotatable bonds is 5. The monoisotopic (exact) mass is 268 g/mol. The fourth-order valence-electron chi connectivity index (χ4n) is 2.36. The van der Waals surface area contributed by atoms with E-state index in [1.807, 2.05) is 12.1 Å². The predicted molar refractivity (Wildman–Crippen MR) is 86.6 cm³/mol. The van der Waals surface area contributed by atoms with Crippen LogP contribution >= 0.6 is 0 Å². The van der Waals surface area contributed by atoms with E-state index >= 15 is 0 Å². The van der Waals surface area contributed by atoms with Crippen LogP contribution in [-0.4, -0.2) is 11.4 Å². The summed E-state index contributed by atoms with van der Waals surface area (Å²) in [5.74, 6) is 0. The fourth-order valence-corrected chi connectivity index (χ4v) is 2.36. The van der Waals surface area contributed by atoms with Crippen molar-refractivity contribution < 1.29 is 0 Å². The first-order valence-corrected chi connectivity index (χ1v) is 7.22. The first-order chi connectivity index (χ1) is 9.60. The van der Waals surface area contributed by atoms with Crippen LogP contribution in [0.5, 0.6) is 0 Å². The van der Waals surface area contributed by atoms with Crippen LogP contribution in [0, 0.1) is 13.8 Å². The minimum absolute atomic E-state index is 0.881. The van der Waals surface area contributed by atoms with Gasteiger partial charge in [-0.05, 0) is 48.7 Å². The predicted octanol–water partition coefficient (Wildman–Crippen LogP) is 3.91. The van der Waals surface area contributed by atoms with Gasteiger partial charge in [-0.2, -0.15) is 0 Å². The zero-order chi connectivity index (χ0) is 14.5. The zero-order valence-electron chi connectivity index (χ0n) is 12.7. The smallest absolute Gasteiger partial charge is 0.0359 e. The Balaban J connectivity index is 2.09. The standard InChI is InChI=1S/C18H24N2/c1-4-20(13-17-7-5-6-8-18(17)19)12-16-10-9-14(2)15(3)11-16/h5-11H,4,12-13,19H2,1-3H3. The molecule has 0 aromatic heterocycles. The van der Waals surface area contributed by atoms with E-state index in [4.69, 9.17) is 5.73 Å². The van der Waals surface area contributed by atoms with Crippen molar-refractivity contribution >= 4 is 5.69 Å². The largest absolute Gasteiger partial charge is 0.398 e. The van der Waals surface area contributed by atoms with Gasteiger partial charge < -0.3 is 5.73 Å². The van der Waals surface area contributed by atoms with Crippen LogP contribution in [0.15, 0.2) is 42.5 Å². The lowest BCUT2D eigenvalue weighted by Crippen LogP contribution is -2.22. The van der Waals surface area contributed by atoms with Crippen molar-refractivity contribution in [2.45, 2.75) is 33.9 Å². The Morgan fingerprint density at radius 2 is 1.70 bits per heavy atom. The average molecular weight is 268 g/mol. The molecule has 0 saturated carbocycles. The third kappa shape index (κ3) is 3.61. The lowest BCUT2D eigenvalue weighted by Gasteiger charge is -2.22. The summed E-state index contributed by atoms with van der Waals surface area (Å²) < 4.78 is 0. The number of anilines is 1. The highest BCUT2D eigenvalue weighted by Gasteiger charge is 2.07. The molecule has 0 aliphatic rings. The van der Waals surface area contributed by atoms with E-state index in [0.717, 1.165) is 25.3 Å². The number of hydrogen-bond donors (Lipinski definition) is 1. The molecule has 0 radical (unpaired) electrons. The molecule has 2 N–H and O–H groups in total. The maximum atomic E-state index is 6.03. The molecule has 0 unspecified atom stereocenters. The van der Waals surface area contributed by atoms with Crippen LogP contribution in [0.3, 0.4) is 0 Å². The summed E-state index contributed by atoms with van der Waals surface area (Å²) in [5.41, 5.74) is 12.2. The lowest BCUT2D eigenvalue weighted by atomic mass is 10.1. The van der Waals surface area contributed by atoms with Crippen LogP contribution in [0.2, 0.25) is 0 Å². The second kappa shape index (κ2) is 6.58. The van der Waals surface area contributed by atoms with Gasteiger partial charge in [-0.3, -0.25) is 4.90 Å². The first-order valence-electron chi connectivity index (χ1n) is 7.22. The molecule has 106 valence electrons. The first kappa shape index (κ1) is 14.6. The molecule has 0 atom stereocenters. The highest BCUT2D eigenvalue weighted by atomic mass is 15.1. The molecule has 0 fully saturated rings. The van der Waals surface area contributed by atoms with E-state index < -0.39 is 0 Å². The van der Waals surface area contributed by atoms with Crippen molar-refractivity contribution in [1.29, 1.82) is 0 Å². The van der Waals surface area contributed by atoms with Crippen molar-refractivity contribution in [3.63, 3.8) is 0 Å². The summed E-state index contributed by atoms with van der Waals surface area (Å²) in [4.78, 5) is 2.41. The number of nitrogens with zero attached hydrogens (tertiary/aromatic N) is 1. The van der Waals surface area contributed by atoms with E-state index in [-0.39, 0.29) is 0 Å². The average Bonchev–Trinajstić information content (AvgIpc) is 2.44. The normalized spacial score (nSPS) is 11.0. The molecule has 2 aromatic rings. The SMILES string of the molecule is CCN(Cc1ccc(C)c(C)c1)Cc1ccccc1N. The fraction of sp³-hybridized carbons (Fsp3) is 0.333. The van der Waals surface area contributed by atoms with E-state index in [1.54, 1.807) is 0 Å². The van der Waals surface area contributed by atoms with Crippen LogP contribution in [0.25, 0.3) is 0 Å². The van der Waals surface area contributed by atoms with Gasteiger partial charge in [0.05, 0.1) is 0 Å². The highest BCUT2D eigenvalue weighted by molar-refractivity contribution is 5.46. The number of para-hydroxylation sites is 1. The van der Waals surface area contributed by atoms with Gasteiger partial charge in [-0.25, -0.2) is 0 Å².